The molecule has 8 rings (SSSR count). The summed E-state index contributed by atoms with van der Waals surface area (Å²) in [6.45, 7) is 5.70. The highest BCUT2D eigenvalue weighted by Gasteiger charge is 2.33. The molecule has 0 radical (unpaired) electrons. The number of sulfonamides is 1. The number of nitriles is 1. The van der Waals surface area contributed by atoms with Crippen molar-refractivity contribution >= 4 is 55.5 Å². The Morgan fingerprint density at radius 1 is 0.950 bits per heavy atom. The number of nitrogens with one attached hydrogen (secondary N) is 3. The van der Waals surface area contributed by atoms with Gasteiger partial charge in [0.25, 0.3) is 15.9 Å². The fraction of sp³-hybridized carbons (Fsp3) is 0.182. The van der Waals surface area contributed by atoms with E-state index in [1.165, 1.54) is 30.6 Å². The van der Waals surface area contributed by atoms with Crippen LogP contribution in [0.2, 0.25) is 0 Å². The first kappa shape index (κ1) is 39.9. The fourth-order valence-corrected chi connectivity index (χ4v) is 9.65. The summed E-state index contributed by atoms with van der Waals surface area (Å²) in [7, 11) is -2.61. The quantitative estimate of drug-likeness (QED) is 0.0994. The van der Waals surface area contributed by atoms with E-state index in [9.17, 15) is 28.4 Å². The van der Waals surface area contributed by atoms with Crippen LogP contribution in [0.25, 0.3) is 27.0 Å². The van der Waals surface area contributed by atoms with Crippen molar-refractivity contribution in [3.63, 3.8) is 0 Å². The van der Waals surface area contributed by atoms with Crippen LogP contribution in [0.5, 0.6) is 0 Å². The van der Waals surface area contributed by atoms with Crippen LogP contribution in [-0.4, -0.2) is 58.0 Å². The number of esters is 1. The minimum Gasteiger partial charge on any atom is -0.469 e. The van der Waals surface area contributed by atoms with Crippen LogP contribution in [0.15, 0.2) is 101 Å². The van der Waals surface area contributed by atoms with Crippen molar-refractivity contribution in [3.8, 4) is 22.2 Å². The lowest BCUT2D eigenvalue weighted by molar-refractivity contribution is -0.141. The van der Waals surface area contributed by atoms with E-state index in [-0.39, 0.29) is 30.4 Å². The van der Waals surface area contributed by atoms with E-state index in [1.54, 1.807) is 42.6 Å². The van der Waals surface area contributed by atoms with Gasteiger partial charge in [-0.15, -0.1) is 21.5 Å². The Bertz CT molecular complexity index is 3000. The summed E-state index contributed by atoms with van der Waals surface area (Å²) in [5.41, 5.74) is 8.33. The first-order chi connectivity index (χ1) is 28.9. The third kappa shape index (κ3) is 7.34. The maximum atomic E-state index is 13.3. The normalized spacial score (nSPS) is 13.5. The number of anilines is 1. The van der Waals surface area contributed by atoms with Crippen molar-refractivity contribution in [1.29, 1.82) is 5.26 Å². The van der Waals surface area contributed by atoms with Gasteiger partial charge in [0.1, 0.15) is 22.9 Å². The van der Waals surface area contributed by atoms with Gasteiger partial charge in [0.05, 0.1) is 47.5 Å². The SMILES string of the molecule is COC(=O)C[C@@H]1N=C(c2ccc(-c3ccc(C(=O)NCc4ccc(S(=O)(=O)Nc5ccc(C)c6c(C#N)c[nH]c56)cc4)cc3)cc2)c2c(sc(CO)c2C)-n2c(C)nnc21. The van der Waals surface area contributed by atoms with Crippen LogP contribution in [0.1, 0.15) is 72.7 Å². The van der Waals surface area contributed by atoms with Crippen LogP contribution in [0, 0.1) is 32.1 Å². The molecule has 4 N–H and O–H groups in total. The van der Waals surface area contributed by atoms with Crippen molar-refractivity contribution < 1.29 is 27.9 Å². The average molecular weight is 839 g/mol. The van der Waals surface area contributed by atoms with E-state index in [2.05, 4.69) is 31.3 Å². The number of benzene rings is 4. The first-order valence-electron chi connectivity index (χ1n) is 18.8. The standard InChI is InChI=1S/C44H38N8O6S2/c1-24-5-18-34(41-38(24)32(20-45)22-46-41)51-60(56,57)33-16-6-27(7-17-33)21-47-43(55)31-14-10-29(11-15-31)28-8-12-30(13-9-28)40-39-25(2)36(23-53)59-44(39)52-26(3)49-50-42(52)35(48-40)19-37(54)58-4/h5-18,22,35,46,51,53H,19,21,23H2,1-4H3,(H,47,55)/t35-/m0/s1. The lowest BCUT2D eigenvalue weighted by atomic mass is 9.96. The average Bonchev–Trinajstić information content (AvgIpc) is 3.95. The Morgan fingerprint density at radius 3 is 2.30 bits per heavy atom. The number of aliphatic hydroxyl groups is 1. The highest BCUT2D eigenvalue weighted by Crippen LogP contribution is 2.40. The van der Waals surface area contributed by atoms with E-state index in [0.29, 0.717) is 50.6 Å². The third-order valence-corrected chi connectivity index (χ3v) is 13.2. The van der Waals surface area contributed by atoms with Gasteiger partial charge in [-0.1, -0.05) is 54.6 Å². The van der Waals surface area contributed by atoms with Crippen molar-refractivity contribution in [3.05, 3.63) is 147 Å². The van der Waals surface area contributed by atoms with Gasteiger partial charge in [0.2, 0.25) is 0 Å². The van der Waals surface area contributed by atoms with E-state index in [0.717, 1.165) is 43.3 Å². The first-order valence-corrected chi connectivity index (χ1v) is 21.1. The van der Waals surface area contributed by atoms with Crippen LogP contribution < -0.4 is 10.0 Å². The third-order valence-electron chi connectivity index (χ3n) is 10.6. The number of fused-ring (bicyclic) bond motifs is 4. The molecule has 0 aliphatic carbocycles. The molecule has 0 saturated heterocycles. The number of thiophene rings is 1. The van der Waals surface area contributed by atoms with Crippen molar-refractivity contribution in [2.24, 2.45) is 4.99 Å². The Morgan fingerprint density at radius 2 is 1.63 bits per heavy atom. The summed E-state index contributed by atoms with van der Waals surface area (Å²) < 4.78 is 36.1. The van der Waals surface area contributed by atoms with Gasteiger partial charge in [0, 0.05) is 39.7 Å². The highest BCUT2D eigenvalue weighted by atomic mass is 32.2. The molecular weight excluding hydrogens is 801 g/mol. The number of aliphatic hydroxyl groups excluding tert-OH is 1. The Kier molecular flexibility index (Phi) is 10.6. The number of carbonyl (C=O) groups is 2. The molecule has 0 fully saturated rings. The number of H-pyrrole nitrogens is 1. The number of ether oxygens (including phenoxy) is 1. The molecular formula is C44H38N8O6S2. The zero-order chi connectivity index (χ0) is 42.3. The van der Waals surface area contributed by atoms with Gasteiger partial charge in [-0.25, -0.2) is 8.42 Å². The molecule has 302 valence electrons. The predicted molar refractivity (Wildman–Crippen MR) is 228 cm³/mol. The summed E-state index contributed by atoms with van der Waals surface area (Å²) in [6.07, 6.45) is 1.53. The second-order valence-electron chi connectivity index (χ2n) is 14.3. The number of aryl methyl sites for hydroxylation is 2. The van der Waals surface area contributed by atoms with Crippen LogP contribution in [0.3, 0.4) is 0 Å². The molecule has 4 heterocycles. The van der Waals surface area contributed by atoms with Gasteiger partial charge in [-0.2, -0.15) is 5.26 Å². The van der Waals surface area contributed by atoms with Crippen LogP contribution >= 0.6 is 11.3 Å². The number of hydrogen-bond donors (Lipinski definition) is 4. The molecule has 0 spiro atoms. The topological polar surface area (TPSA) is 204 Å². The number of nitrogens with zero attached hydrogens (tertiary/aromatic N) is 5. The number of hydrogen-bond acceptors (Lipinski definition) is 11. The van der Waals surface area contributed by atoms with Crippen molar-refractivity contribution in [1.82, 2.24) is 25.1 Å². The number of amides is 1. The molecule has 16 heteroatoms. The molecule has 60 heavy (non-hydrogen) atoms. The number of rotatable bonds is 11. The molecule has 14 nitrogen and oxygen atoms in total. The molecule has 1 aliphatic rings. The smallest absolute Gasteiger partial charge is 0.308 e. The van der Waals surface area contributed by atoms with Crippen molar-refractivity contribution in [2.75, 3.05) is 11.8 Å². The number of aliphatic imine (C=N–C) groups is 1. The van der Waals surface area contributed by atoms with Gasteiger partial charge >= 0.3 is 5.97 Å². The second kappa shape index (κ2) is 16.0. The summed E-state index contributed by atoms with van der Waals surface area (Å²) in [6, 6.07) is 26.2. The van der Waals surface area contributed by atoms with E-state index < -0.39 is 22.0 Å². The minimum atomic E-state index is -3.95. The van der Waals surface area contributed by atoms with Gasteiger partial charge in [0.15, 0.2) is 5.82 Å². The summed E-state index contributed by atoms with van der Waals surface area (Å²) in [4.78, 5) is 34.6. The van der Waals surface area contributed by atoms with Gasteiger partial charge in [-0.3, -0.25) is 23.9 Å². The summed E-state index contributed by atoms with van der Waals surface area (Å²) in [5, 5.41) is 32.7. The maximum absolute atomic E-state index is 13.3. The van der Waals surface area contributed by atoms with Gasteiger partial charge in [-0.05, 0) is 78.9 Å². The summed E-state index contributed by atoms with van der Waals surface area (Å²) in [5.74, 6) is 0.450. The molecule has 1 atom stereocenters. The van der Waals surface area contributed by atoms with Crippen LogP contribution in [0.4, 0.5) is 5.69 Å². The largest absolute Gasteiger partial charge is 0.469 e. The van der Waals surface area contributed by atoms with Gasteiger partial charge < -0.3 is 20.1 Å². The van der Waals surface area contributed by atoms with E-state index in [1.807, 2.05) is 61.7 Å². The molecule has 0 bridgehead atoms. The molecule has 0 saturated carbocycles. The Labute approximate surface area is 349 Å². The predicted octanol–water partition coefficient (Wildman–Crippen LogP) is 6.95. The highest BCUT2D eigenvalue weighted by molar-refractivity contribution is 7.92. The van der Waals surface area contributed by atoms with Crippen molar-refractivity contribution in [2.45, 2.75) is 51.3 Å². The maximum Gasteiger partial charge on any atom is 0.308 e. The monoisotopic (exact) mass is 838 g/mol. The molecule has 4 aromatic carbocycles. The number of carbonyl (C=O) groups excluding carboxylic acids is 2. The lowest BCUT2D eigenvalue weighted by Gasteiger charge is -2.12. The Balaban J connectivity index is 0.952. The summed E-state index contributed by atoms with van der Waals surface area (Å²) >= 11 is 1.44. The number of aromatic amines is 1. The fourth-order valence-electron chi connectivity index (χ4n) is 7.35. The minimum absolute atomic E-state index is 0.0228. The Hall–Kier alpha value is -6.93. The molecule has 0 unspecified atom stereocenters. The zero-order valence-corrected chi connectivity index (χ0v) is 34.5. The van der Waals surface area contributed by atoms with E-state index >= 15 is 0 Å². The van der Waals surface area contributed by atoms with E-state index in [4.69, 9.17) is 9.73 Å². The lowest BCUT2D eigenvalue weighted by Crippen LogP contribution is -2.22. The number of aromatic nitrogens is 4. The molecule has 1 amide bonds. The number of methoxy groups -OCH3 is 1. The van der Waals surface area contributed by atoms with Crippen LogP contribution in [-0.2, 0) is 32.7 Å². The molecule has 3 aromatic heterocycles. The molecule has 1 aliphatic heterocycles. The second-order valence-corrected chi connectivity index (χ2v) is 17.1. The molecule has 7 aromatic rings. The zero-order valence-electron chi connectivity index (χ0n) is 32.9.